The van der Waals surface area contributed by atoms with Crippen LogP contribution in [0, 0.1) is 18.3 Å². The molecule has 2 aromatic carbocycles. The Morgan fingerprint density at radius 1 is 0.831 bits per heavy atom. The van der Waals surface area contributed by atoms with Gasteiger partial charge in [0.1, 0.15) is 12.1 Å². The van der Waals surface area contributed by atoms with Crippen molar-refractivity contribution in [2.24, 2.45) is 11.3 Å². The molecule has 13 heteroatoms. The lowest BCUT2D eigenvalue weighted by atomic mass is 9.85. The molecule has 1 fully saturated rings. The van der Waals surface area contributed by atoms with E-state index in [4.69, 9.17) is 0 Å². The number of carbonyl (C=O) groups excluding carboxylic acids is 3. The average Bonchev–Trinajstić information content (AvgIpc) is 3.55. The zero-order chi connectivity index (χ0) is 42.7. The molecular formula is C46H59N7O6. The topological polar surface area (TPSA) is 177 Å². The summed E-state index contributed by atoms with van der Waals surface area (Å²) in [5, 5.41) is 30.3. The number of nitrogens with zero attached hydrogens (tertiary/aromatic N) is 4. The number of urea groups is 1. The predicted octanol–water partition coefficient (Wildman–Crippen LogP) is 5.99. The summed E-state index contributed by atoms with van der Waals surface area (Å²) in [6.07, 6.45) is 0.506. The molecule has 1 unspecified atom stereocenters. The van der Waals surface area contributed by atoms with Crippen LogP contribution >= 0.6 is 0 Å². The standard InChI is InChI=1S/C46H59N7O6/c1-7-30(2)40(53-25-24-52(45(53)59)29-35-17-13-14-31(3)48-35)42(55)50-38(27-32-15-9-8-10-16-32)39(54)28-36(49-43(56)41(46(4,5)6)51-44(57)58)26-33-19-21-34(22-20-33)37-18-11-12-23-47-37/h8-23,30,36,38-41,51,54H,7,24-29H2,1-6H3,(H,49,56)(H,50,55)(H,57,58)/t30?,36-,38-,39-,40-,41+/m0/s1. The zero-order valence-electron chi connectivity index (χ0n) is 35.0. The fourth-order valence-corrected chi connectivity index (χ4v) is 7.60. The monoisotopic (exact) mass is 805 g/mol. The first-order chi connectivity index (χ1) is 28.1. The van der Waals surface area contributed by atoms with Gasteiger partial charge in [0.05, 0.1) is 30.1 Å². The van der Waals surface area contributed by atoms with E-state index >= 15 is 0 Å². The molecule has 0 radical (unpaired) electrons. The molecule has 0 spiro atoms. The molecule has 1 aliphatic heterocycles. The molecular weight excluding hydrogens is 747 g/mol. The SMILES string of the molecule is CCC(C)[C@@H](C(=O)N[C@@H](Cc1ccccc1)[C@@H](O)C[C@H](Cc1ccc(-c2ccccn2)cc1)NC(=O)[C@@H](NC(=O)O)C(C)(C)C)N1CCN(Cc2cccc(C)n2)C1=O. The number of aromatic nitrogens is 2. The van der Waals surface area contributed by atoms with Crippen LogP contribution in [0.5, 0.6) is 0 Å². The van der Waals surface area contributed by atoms with Crippen LogP contribution in [0.4, 0.5) is 9.59 Å². The molecule has 0 bridgehead atoms. The van der Waals surface area contributed by atoms with Gasteiger partial charge < -0.3 is 36.0 Å². The third-order valence-corrected chi connectivity index (χ3v) is 11.0. The van der Waals surface area contributed by atoms with Gasteiger partial charge in [-0.15, -0.1) is 0 Å². The van der Waals surface area contributed by atoms with Gasteiger partial charge in [-0.25, -0.2) is 9.59 Å². The number of pyridine rings is 2. The highest BCUT2D eigenvalue weighted by molar-refractivity contribution is 5.88. The van der Waals surface area contributed by atoms with Crippen molar-refractivity contribution in [2.75, 3.05) is 13.1 Å². The van der Waals surface area contributed by atoms with Gasteiger partial charge in [0, 0.05) is 36.6 Å². The second-order valence-electron chi connectivity index (χ2n) is 16.7. The Bertz CT molecular complexity index is 2010. The van der Waals surface area contributed by atoms with Gasteiger partial charge in [-0.05, 0) is 72.9 Å². The molecule has 314 valence electrons. The summed E-state index contributed by atoms with van der Waals surface area (Å²) in [7, 11) is 0. The van der Waals surface area contributed by atoms with Crippen molar-refractivity contribution in [2.45, 2.75) is 104 Å². The van der Waals surface area contributed by atoms with Crippen LogP contribution in [0.25, 0.3) is 11.3 Å². The Labute approximate surface area is 347 Å². The minimum absolute atomic E-state index is 0.0311. The summed E-state index contributed by atoms with van der Waals surface area (Å²) in [4.78, 5) is 66.4. The lowest BCUT2D eigenvalue weighted by molar-refractivity contribution is -0.129. The highest BCUT2D eigenvalue weighted by atomic mass is 16.4. The first-order valence-electron chi connectivity index (χ1n) is 20.4. The van der Waals surface area contributed by atoms with Crippen molar-refractivity contribution in [3.63, 3.8) is 0 Å². The van der Waals surface area contributed by atoms with Crippen LogP contribution in [-0.4, -0.2) is 97.3 Å². The highest BCUT2D eigenvalue weighted by Crippen LogP contribution is 2.25. The highest BCUT2D eigenvalue weighted by Gasteiger charge is 2.41. The zero-order valence-corrected chi connectivity index (χ0v) is 35.0. The molecule has 6 atom stereocenters. The third-order valence-electron chi connectivity index (χ3n) is 11.0. The number of carboxylic acid groups (broad SMARTS) is 1. The van der Waals surface area contributed by atoms with Crippen LogP contribution in [0.3, 0.4) is 0 Å². The Morgan fingerprint density at radius 2 is 1.53 bits per heavy atom. The molecule has 13 nitrogen and oxygen atoms in total. The number of rotatable bonds is 18. The van der Waals surface area contributed by atoms with Gasteiger partial charge in [-0.2, -0.15) is 0 Å². The fraction of sp³-hybridized carbons (Fsp3) is 0.435. The maximum absolute atomic E-state index is 14.5. The molecule has 0 saturated carbocycles. The van der Waals surface area contributed by atoms with Crippen molar-refractivity contribution in [3.05, 3.63) is 120 Å². The van der Waals surface area contributed by atoms with E-state index in [-0.39, 0.29) is 30.7 Å². The van der Waals surface area contributed by atoms with E-state index in [0.717, 1.165) is 33.8 Å². The number of amides is 5. The van der Waals surface area contributed by atoms with E-state index in [1.807, 2.05) is 112 Å². The second kappa shape index (κ2) is 20.2. The Morgan fingerprint density at radius 3 is 2.15 bits per heavy atom. The molecule has 5 N–H and O–H groups in total. The van der Waals surface area contributed by atoms with Gasteiger partial charge in [0.15, 0.2) is 0 Å². The molecule has 2 aromatic heterocycles. The normalized spacial score (nSPS) is 16.1. The minimum Gasteiger partial charge on any atom is -0.465 e. The summed E-state index contributed by atoms with van der Waals surface area (Å²) < 4.78 is 0. The quantitative estimate of drug-likeness (QED) is 0.0815. The van der Waals surface area contributed by atoms with E-state index in [9.17, 15) is 29.4 Å². The molecule has 5 rings (SSSR count). The summed E-state index contributed by atoms with van der Waals surface area (Å²) in [5.41, 5.74) is 4.36. The molecule has 1 aliphatic rings. The van der Waals surface area contributed by atoms with E-state index in [1.165, 1.54) is 0 Å². The fourth-order valence-electron chi connectivity index (χ4n) is 7.60. The summed E-state index contributed by atoms with van der Waals surface area (Å²) in [5.74, 6) is -1.09. The second-order valence-corrected chi connectivity index (χ2v) is 16.7. The van der Waals surface area contributed by atoms with Crippen molar-refractivity contribution in [3.8, 4) is 11.3 Å². The smallest absolute Gasteiger partial charge is 0.405 e. The molecule has 1 saturated heterocycles. The van der Waals surface area contributed by atoms with Gasteiger partial charge in [-0.3, -0.25) is 19.6 Å². The predicted molar refractivity (Wildman–Crippen MR) is 227 cm³/mol. The average molecular weight is 806 g/mol. The van der Waals surface area contributed by atoms with E-state index in [0.29, 0.717) is 32.5 Å². The van der Waals surface area contributed by atoms with Crippen molar-refractivity contribution < 1.29 is 29.4 Å². The summed E-state index contributed by atoms with van der Waals surface area (Å²) in [6.45, 7) is 12.3. The molecule has 4 aromatic rings. The number of nitrogens with one attached hydrogen (secondary N) is 3. The van der Waals surface area contributed by atoms with Crippen LogP contribution in [0.1, 0.15) is 70.0 Å². The number of aliphatic hydroxyl groups excluding tert-OH is 1. The first-order valence-corrected chi connectivity index (χ1v) is 20.4. The maximum Gasteiger partial charge on any atom is 0.405 e. The number of carbonyl (C=O) groups is 4. The maximum atomic E-state index is 14.5. The number of hydrogen-bond acceptors (Lipinski definition) is 7. The molecule has 3 heterocycles. The van der Waals surface area contributed by atoms with Crippen LogP contribution in [-0.2, 0) is 29.0 Å². The lowest BCUT2D eigenvalue weighted by Crippen LogP contribution is -2.58. The molecule has 0 aliphatic carbocycles. The van der Waals surface area contributed by atoms with Crippen LogP contribution in [0.2, 0.25) is 0 Å². The van der Waals surface area contributed by atoms with E-state index in [1.54, 1.807) is 36.8 Å². The summed E-state index contributed by atoms with van der Waals surface area (Å²) in [6, 6.07) is 25.1. The molecule has 5 amide bonds. The Hall–Kier alpha value is -5.82. The molecule has 59 heavy (non-hydrogen) atoms. The van der Waals surface area contributed by atoms with Gasteiger partial charge in [0.25, 0.3) is 0 Å². The third kappa shape index (κ3) is 12.3. The van der Waals surface area contributed by atoms with E-state index in [2.05, 4.69) is 25.9 Å². The van der Waals surface area contributed by atoms with Crippen molar-refractivity contribution in [1.82, 2.24) is 35.7 Å². The number of aliphatic hydroxyl groups is 1. The van der Waals surface area contributed by atoms with Crippen molar-refractivity contribution >= 4 is 23.9 Å². The van der Waals surface area contributed by atoms with Crippen LogP contribution in [0.15, 0.2) is 97.2 Å². The largest absolute Gasteiger partial charge is 0.465 e. The van der Waals surface area contributed by atoms with Crippen LogP contribution < -0.4 is 16.0 Å². The number of benzene rings is 2. The van der Waals surface area contributed by atoms with Gasteiger partial charge >= 0.3 is 12.1 Å². The Balaban J connectivity index is 1.41. The minimum atomic E-state index is -1.32. The number of aryl methyl sites for hydroxylation is 1. The van der Waals surface area contributed by atoms with Crippen molar-refractivity contribution in [1.29, 1.82) is 0 Å². The Kier molecular flexibility index (Phi) is 15.2. The lowest BCUT2D eigenvalue weighted by Gasteiger charge is -2.35. The van der Waals surface area contributed by atoms with Gasteiger partial charge in [-0.1, -0.05) is 108 Å². The summed E-state index contributed by atoms with van der Waals surface area (Å²) >= 11 is 0. The number of hydrogen-bond donors (Lipinski definition) is 5. The van der Waals surface area contributed by atoms with Gasteiger partial charge in [0.2, 0.25) is 11.8 Å². The first kappa shape index (κ1) is 44.3. The van der Waals surface area contributed by atoms with E-state index < -0.39 is 47.7 Å².